The van der Waals surface area contributed by atoms with Gasteiger partial charge in [0.25, 0.3) is 11.6 Å². The Morgan fingerprint density at radius 2 is 1.96 bits per heavy atom. The first-order valence-electron chi connectivity index (χ1n) is 6.92. The molecule has 120 valence electrons. The number of amides is 1. The first kappa shape index (κ1) is 17.3. The van der Waals surface area contributed by atoms with Crippen molar-refractivity contribution in [3.05, 3.63) is 74.8 Å². The van der Waals surface area contributed by atoms with Crippen LogP contribution in [-0.4, -0.2) is 23.1 Å². The van der Waals surface area contributed by atoms with Gasteiger partial charge in [-0.2, -0.15) is 11.8 Å². The molecule has 0 aliphatic rings. The molecule has 0 atom stereocenters. The zero-order chi connectivity index (χ0) is 16.7. The third-order valence-electron chi connectivity index (χ3n) is 3.05. The largest absolute Gasteiger partial charge is 0.351 e. The molecule has 23 heavy (non-hydrogen) atoms. The van der Waals surface area contributed by atoms with Crippen LogP contribution in [-0.2, 0) is 5.75 Å². The van der Waals surface area contributed by atoms with Crippen molar-refractivity contribution in [3.63, 3.8) is 0 Å². The molecule has 2 aromatic rings. The molecule has 0 saturated heterocycles. The normalized spacial score (nSPS) is 10.3. The van der Waals surface area contributed by atoms with Gasteiger partial charge in [-0.3, -0.25) is 14.9 Å². The van der Waals surface area contributed by atoms with Gasteiger partial charge in [-0.25, -0.2) is 0 Å². The number of nitrogens with one attached hydrogen (secondary N) is 1. The average Bonchev–Trinajstić information content (AvgIpc) is 2.55. The molecule has 0 unspecified atom stereocenters. The molecule has 0 spiro atoms. The summed E-state index contributed by atoms with van der Waals surface area (Å²) in [5.74, 6) is 1.30. The van der Waals surface area contributed by atoms with Crippen LogP contribution >= 0.6 is 23.4 Å². The van der Waals surface area contributed by atoms with Crippen molar-refractivity contribution in [2.45, 2.75) is 5.75 Å². The fourth-order valence-electron chi connectivity index (χ4n) is 1.90. The lowest BCUT2D eigenvalue weighted by molar-refractivity contribution is -0.384. The summed E-state index contributed by atoms with van der Waals surface area (Å²) in [4.78, 5) is 22.2. The van der Waals surface area contributed by atoms with Crippen LogP contribution in [0.2, 0.25) is 5.02 Å². The van der Waals surface area contributed by atoms with E-state index in [4.69, 9.17) is 11.6 Å². The smallest absolute Gasteiger partial charge is 0.288 e. The van der Waals surface area contributed by atoms with Gasteiger partial charge < -0.3 is 5.32 Å². The van der Waals surface area contributed by atoms with Crippen LogP contribution in [0.5, 0.6) is 0 Å². The Morgan fingerprint density at radius 1 is 1.22 bits per heavy atom. The van der Waals surface area contributed by atoms with Crippen molar-refractivity contribution in [2.75, 3.05) is 12.3 Å². The molecule has 7 heteroatoms. The monoisotopic (exact) mass is 350 g/mol. The van der Waals surface area contributed by atoms with E-state index in [-0.39, 0.29) is 22.2 Å². The summed E-state index contributed by atoms with van der Waals surface area (Å²) in [5, 5.41) is 13.6. The highest BCUT2D eigenvalue weighted by Crippen LogP contribution is 2.24. The van der Waals surface area contributed by atoms with Gasteiger partial charge in [0, 0.05) is 29.7 Å². The van der Waals surface area contributed by atoms with Gasteiger partial charge in [0.15, 0.2) is 0 Å². The number of carbonyl (C=O) groups excluding carboxylic acids is 1. The second-order valence-corrected chi connectivity index (χ2v) is 6.23. The van der Waals surface area contributed by atoms with Crippen molar-refractivity contribution in [2.24, 2.45) is 0 Å². The van der Waals surface area contributed by atoms with Gasteiger partial charge in [-0.15, -0.1) is 0 Å². The molecule has 0 aromatic heterocycles. The SMILES string of the molecule is O=C(NCCSCc1ccccc1)c1ccc(Cl)c([N+](=O)[O-])c1. The summed E-state index contributed by atoms with van der Waals surface area (Å²) in [6.07, 6.45) is 0. The molecular weight excluding hydrogens is 336 g/mol. The van der Waals surface area contributed by atoms with E-state index < -0.39 is 4.92 Å². The lowest BCUT2D eigenvalue weighted by Crippen LogP contribution is -2.25. The predicted octanol–water partition coefficient (Wildman–Crippen LogP) is 3.91. The highest BCUT2D eigenvalue weighted by molar-refractivity contribution is 7.98. The van der Waals surface area contributed by atoms with Crippen LogP contribution in [0.4, 0.5) is 5.69 Å². The van der Waals surface area contributed by atoms with E-state index in [9.17, 15) is 14.9 Å². The van der Waals surface area contributed by atoms with Gasteiger partial charge in [-0.05, 0) is 17.7 Å². The molecule has 0 aliphatic heterocycles. The summed E-state index contributed by atoms with van der Waals surface area (Å²) >= 11 is 7.43. The third-order valence-corrected chi connectivity index (χ3v) is 4.40. The Labute approximate surface area is 143 Å². The molecule has 0 aliphatic carbocycles. The van der Waals surface area contributed by atoms with Crippen LogP contribution in [0.3, 0.4) is 0 Å². The number of benzene rings is 2. The number of halogens is 1. The molecule has 0 fully saturated rings. The first-order valence-corrected chi connectivity index (χ1v) is 8.45. The molecular formula is C16H15ClN2O3S. The van der Waals surface area contributed by atoms with Crippen molar-refractivity contribution in [3.8, 4) is 0 Å². The Balaban J connectivity index is 1.79. The molecule has 1 N–H and O–H groups in total. The highest BCUT2D eigenvalue weighted by atomic mass is 35.5. The van der Waals surface area contributed by atoms with E-state index in [1.165, 1.54) is 23.8 Å². The molecule has 2 aromatic carbocycles. The van der Waals surface area contributed by atoms with E-state index in [0.717, 1.165) is 11.5 Å². The van der Waals surface area contributed by atoms with Crippen molar-refractivity contribution in [1.82, 2.24) is 5.32 Å². The van der Waals surface area contributed by atoms with Crippen LogP contribution in [0.15, 0.2) is 48.5 Å². The molecule has 0 heterocycles. The molecule has 5 nitrogen and oxygen atoms in total. The number of hydrogen-bond acceptors (Lipinski definition) is 4. The number of rotatable bonds is 7. The van der Waals surface area contributed by atoms with Crippen molar-refractivity contribution in [1.29, 1.82) is 0 Å². The molecule has 2 rings (SSSR count). The fourth-order valence-corrected chi connectivity index (χ4v) is 2.90. The standard InChI is InChI=1S/C16H15ClN2O3S/c17-14-7-6-13(10-15(14)19(21)22)16(20)18-8-9-23-11-12-4-2-1-3-5-12/h1-7,10H,8-9,11H2,(H,18,20). The van der Waals surface area contributed by atoms with E-state index >= 15 is 0 Å². The van der Waals surface area contributed by atoms with Gasteiger partial charge in [0.05, 0.1) is 4.92 Å². The van der Waals surface area contributed by atoms with Gasteiger partial charge in [0.1, 0.15) is 5.02 Å². The lowest BCUT2D eigenvalue weighted by atomic mass is 10.2. The van der Waals surface area contributed by atoms with Crippen LogP contribution in [0.1, 0.15) is 15.9 Å². The second kappa shape index (κ2) is 8.55. The van der Waals surface area contributed by atoms with Gasteiger partial charge in [0.2, 0.25) is 0 Å². The van der Waals surface area contributed by atoms with Crippen LogP contribution < -0.4 is 5.32 Å². The zero-order valence-electron chi connectivity index (χ0n) is 12.2. The Bertz CT molecular complexity index is 695. The number of thioether (sulfide) groups is 1. The number of carbonyl (C=O) groups is 1. The maximum Gasteiger partial charge on any atom is 0.288 e. The highest BCUT2D eigenvalue weighted by Gasteiger charge is 2.15. The Kier molecular flexibility index (Phi) is 6.43. The summed E-state index contributed by atoms with van der Waals surface area (Å²) < 4.78 is 0. The minimum Gasteiger partial charge on any atom is -0.351 e. The number of nitro groups is 1. The molecule has 0 bridgehead atoms. The Morgan fingerprint density at radius 3 is 2.65 bits per heavy atom. The molecule has 1 amide bonds. The van der Waals surface area contributed by atoms with Crippen molar-refractivity contribution < 1.29 is 9.72 Å². The van der Waals surface area contributed by atoms with E-state index in [2.05, 4.69) is 17.4 Å². The lowest BCUT2D eigenvalue weighted by Gasteiger charge is -2.06. The summed E-state index contributed by atoms with van der Waals surface area (Å²) in [5.41, 5.74) is 1.20. The first-order chi connectivity index (χ1) is 11.1. The van der Waals surface area contributed by atoms with Crippen molar-refractivity contribution >= 4 is 35.0 Å². The van der Waals surface area contributed by atoms with Crippen LogP contribution in [0, 0.1) is 10.1 Å². The number of nitro benzene ring substituents is 1. The van der Waals surface area contributed by atoms with Crippen LogP contribution in [0.25, 0.3) is 0 Å². The number of hydrogen-bond donors (Lipinski definition) is 1. The zero-order valence-corrected chi connectivity index (χ0v) is 13.8. The minimum atomic E-state index is -0.602. The Hall–Kier alpha value is -2.05. The quantitative estimate of drug-likeness (QED) is 0.467. The van der Waals surface area contributed by atoms with E-state index in [1.54, 1.807) is 11.8 Å². The average molecular weight is 351 g/mol. The predicted molar refractivity (Wildman–Crippen MR) is 93.0 cm³/mol. The van der Waals surface area contributed by atoms with E-state index in [1.807, 2.05) is 18.2 Å². The van der Waals surface area contributed by atoms with Gasteiger partial charge >= 0.3 is 0 Å². The summed E-state index contributed by atoms with van der Waals surface area (Å²) in [7, 11) is 0. The minimum absolute atomic E-state index is 0.0185. The molecule has 0 saturated carbocycles. The summed E-state index contributed by atoms with van der Waals surface area (Å²) in [6.45, 7) is 0.493. The summed E-state index contributed by atoms with van der Waals surface area (Å²) in [6, 6.07) is 14.1. The maximum absolute atomic E-state index is 12.0. The fraction of sp³-hybridized carbons (Fsp3) is 0.188. The van der Waals surface area contributed by atoms with E-state index in [0.29, 0.717) is 6.54 Å². The second-order valence-electron chi connectivity index (χ2n) is 4.72. The topological polar surface area (TPSA) is 72.2 Å². The third kappa shape index (κ3) is 5.26. The molecule has 0 radical (unpaired) electrons. The number of nitrogens with zero attached hydrogens (tertiary/aromatic N) is 1. The van der Waals surface area contributed by atoms with Gasteiger partial charge in [-0.1, -0.05) is 41.9 Å². The maximum atomic E-state index is 12.0.